The van der Waals surface area contributed by atoms with E-state index in [1.54, 1.807) is 0 Å². The second-order valence-corrected chi connectivity index (χ2v) is 8.78. The van der Waals surface area contributed by atoms with Crippen molar-refractivity contribution in [3.63, 3.8) is 0 Å². The molecule has 2 amide bonds. The van der Waals surface area contributed by atoms with E-state index in [1.165, 1.54) is 0 Å². The van der Waals surface area contributed by atoms with E-state index in [1.807, 2.05) is 57.2 Å². The fourth-order valence-corrected chi connectivity index (χ4v) is 4.38. The Morgan fingerprint density at radius 3 is 2.06 bits per heavy atom. The highest BCUT2D eigenvalue weighted by molar-refractivity contribution is 5.86. The van der Waals surface area contributed by atoms with Crippen molar-refractivity contribution in [2.45, 2.75) is 58.0 Å². The standard InChI is InChI=1S/C26H32N2O5/c1-4-9-17(14-23(29)30)27-25(31)24(16(2)3)28-26(32)33-15-22-20-12-7-5-10-18(20)19-11-6-8-13-21(19)22/h5-8,10-13,16-17,22,24H,4,9,14-15H2,1-3H3,(H,27,31)(H,28,32)(H,29,30)/t17-,24?/m0/s1. The number of amides is 2. The molecule has 7 nitrogen and oxygen atoms in total. The largest absolute Gasteiger partial charge is 0.481 e. The molecule has 0 bridgehead atoms. The molecule has 0 aliphatic heterocycles. The van der Waals surface area contributed by atoms with Crippen molar-refractivity contribution in [3.8, 4) is 11.1 Å². The van der Waals surface area contributed by atoms with Crippen LogP contribution in [0.3, 0.4) is 0 Å². The molecule has 7 heteroatoms. The number of carboxylic acids is 1. The summed E-state index contributed by atoms with van der Waals surface area (Å²) in [6.07, 6.45) is 0.462. The van der Waals surface area contributed by atoms with Gasteiger partial charge >= 0.3 is 12.1 Å². The molecule has 33 heavy (non-hydrogen) atoms. The van der Waals surface area contributed by atoms with E-state index in [0.717, 1.165) is 28.7 Å². The molecule has 2 aromatic carbocycles. The zero-order valence-corrected chi connectivity index (χ0v) is 19.3. The topological polar surface area (TPSA) is 105 Å². The van der Waals surface area contributed by atoms with Gasteiger partial charge in [-0.15, -0.1) is 0 Å². The fourth-order valence-electron chi connectivity index (χ4n) is 4.38. The van der Waals surface area contributed by atoms with Gasteiger partial charge in [0.15, 0.2) is 0 Å². The minimum absolute atomic E-state index is 0.0704. The van der Waals surface area contributed by atoms with Gasteiger partial charge in [0.1, 0.15) is 12.6 Å². The maximum absolute atomic E-state index is 12.8. The first kappa shape index (κ1) is 24.3. The van der Waals surface area contributed by atoms with Gasteiger partial charge in [-0.2, -0.15) is 0 Å². The van der Waals surface area contributed by atoms with Gasteiger partial charge in [0, 0.05) is 12.0 Å². The van der Waals surface area contributed by atoms with Gasteiger partial charge in [-0.1, -0.05) is 75.7 Å². The Hall–Kier alpha value is -3.35. The Morgan fingerprint density at radius 2 is 1.55 bits per heavy atom. The van der Waals surface area contributed by atoms with E-state index in [0.29, 0.717) is 6.42 Å². The molecule has 0 saturated carbocycles. The van der Waals surface area contributed by atoms with Crippen molar-refractivity contribution < 1.29 is 24.2 Å². The summed E-state index contributed by atoms with van der Waals surface area (Å²) >= 11 is 0. The number of fused-ring (bicyclic) bond motifs is 3. The highest BCUT2D eigenvalue weighted by Gasteiger charge is 2.31. The van der Waals surface area contributed by atoms with Crippen LogP contribution in [0.5, 0.6) is 0 Å². The summed E-state index contributed by atoms with van der Waals surface area (Å²) in [5.41, 5.74) is 4.50. The van der Waals surface area contributed by atoms with E-state index in [2.05, 4.69) is 22.8 Å². The molecule has 3 rings (SSSR count). The molecule has 176 valence electrons. The van der Waals surface area contributed by atoms with Crippen LogP contribution >= 0.6 is 0 Å². The van der Waals surface area contributed by atoms with Gasteiger partial charge in [0.25, 0.3) is 0 Å². The second-order valence-electron chi connectivity index (χ2n) is 8.78. The lowest BCUT2D eigenvalue weighted by Gasteiger charge is -2.25. The maximum Gasteiger partial charge on any atom is 0.407 e. The lowest BCUT2D eigenvalue weighted by Crippen LogP contribution is -2.52. The predicted molar refractivity (Wildman–Crippen MR) is 126 cm³/mol. The number of hydrogen-bond acceptors (Lipinski definition) is 4. The minimum atomic E-state index is -0.973. The number of nitrogens with one attached hydrogen (secondary N) is 2. The van der Waals surface area contributed by atoms with Crippen LogP contribution in [0.15, 0.2) is 48.5 Å². The fraction of sp³-hybridized carbons (Fsp3) is 0.423. The van der Waals surface area contributed by atoms with Crippen molar-refractivity contribution in [1.29, 1.82) is 0 Å². The number of hydrogen-bond donors (Lipinski definition) is 3. The zero-order chi connectivity index (χ0) is 24.0. The summed E-state index contributed by atoms with van der Waals surface area (Å²) in [4.78, 5) is 36.5. The first-order chi connectivity index (χ1) is 15.8. The summed E-state index contributed by atoms with van der Waals surface area (Å²) in [5.74, 6) is -1.64. The Morgan fingerprint density at radius 1 is 0.970 bits per heavy atom. The highest BCUT2D eigenvalue weighted by Crippen LogP contribution is 2.44. The van der Waals surface area contributed by atoms with Gasteiger partial charge in [0.05, 0.1) is 6.42 Å². The van der Waals surface area contributed by atoms with Crippen molar-refractivity contribution in [2.24, 2.45) is 5.92 Å². The van der Waals surface area contributed by atoms with Gasteiger partial charge in [-0.25, -0.2) is 4.79 Å². The molecule has 3 N–H and O–H groups in total. The summed E-state index contributed by atoms with van der Waals surface area (Å²) in [6.45, 7) is 5.72. The number of benzene rings is 2. The van der Waals surface area contributed by atoms with E-state index in [9.17, 15) is 14.4 Å². The van der Waals surface area contributed by atoms with Crippen LogP contribution in [0.1, 0.15) is 57.1 Å². The van der Waals surface area contributed by atoms with Gasteiger partial charge < -0.3 is 20.5 Å². The lowest BCUT2D eigenvalue weighted by atomic mass is 9.98. The minimum Gasteiger partial charge on any atom is -0.481 e. The van der Waals surface area contributed by atoms with Gasteiger partial charge in [0.2, 0.25) is 5.91 Å². The normalized spacial score (nSPS) is 14.2. The number of carboxylic acid groups (broad SMARTS) is 1. The molecule has 0 fully saturated rings. The van der Waals surface area contributed by atoms with E-state index in [4.69, 9.17) is 9.84 Å². The summed E-state index contributed by atoms with van der Waals surface area (Å²) in [5, 5.41) is 14.5. The van der Waals surface area contributed by atoms with Crippen LogP contribution in [0.25, 0.3) is 11.1 Å². The third kappa shape index (κ3) is 5.92. The average Bonchev–Trinajstić information content (AvgIpc) is 3.09. The van der Waals surface area contributed by atoms with Crippen LogP contribution in [-0.2, 0) is 14.3 Å². The third-order valence-corrected chi connectivity index (χ3v) is 5.97. The van der Waals surface area contributed by atoms with Gasteiger partial charge in [-0.3, -0.25) is 9.59 Å². The zero-order valence-electron chi connectivity index (χ0n) is 19.3. The molecule has 0 spiro atoms. The summed E-state index contributed by atoms with van der Waals surface area (Å²) < 4.78 is 5.56. The number of aliphatic carboxylic acids is 1. The van der Waals surface area contributed by atoms with E-state index >= 15 is 0 Å². The number of rotatable bonds is 10. The van der Waals surface area contributed by atoms with Crippen LogP contribution in [0, 0.1) is 5.92 Å². The summed E-state index contributed by atoms with van der Waals surface area (Å²) in [7, 11) is 0. The second kappa shape index (κ2) is 11.0. The Balaban J connectivity index is 1.64. The van der Waals surface area contributed by atoms with E-state index < -0.39 is 30.1 Å². The number of carbonyl (C=O) groups excluding carboxylic acids is 2. The molecular formula is C26H32N2O5. The lowest BCUT2D eigenvalue weighted by molar-refractivity contribution is -0.137. The van der Waals surface area contributed by atoms with Crippen molar-refractivity contribution >= 4 is 18.0 Å². The number of ether oxygens (including phenoxy) is 1. The summed E-state index contributed by atoms with van der Waals surface area (Å²) in [6, 6.07) is 14.8. The molecular weight excluding hydrogens is 420 g/mol. The maximum atomic E-state index is 12.8. The Kier molecular flexibility index (Phi) is 8.09. The van der Waals surface area contributed by atoms with Gasteiger partial charge in [-0.05, 0) is 34.6 Å². The monoisotopic (exact) mass is 452 g/mol. The van der Waals surface area contributed by atoms with Crippen LogP contribution in [0.4, 0.5) is 4.79 Å². The van der Waals surface area contributed by atoms with Crippen LogP contribution in [-0.4, -0.2) is 41.8 Å². The highest BCUT2D eigenvalue weighted by atomic mass is 16.5. The van der Waals surface area contributed by atoms with Crippen molar-refractivity contribution in [1.82, 2.24) is 10.6 Å². The molecule has 1 aliphatic carbocycles. The Bertz CT molecular complexity index is 958. The van der Waals surface area contributed by atoms with E-state index in [-0.39, 0.29) is 24.9 Å². The quantitative estimate of drug-likeness (QED) is 0.498. The van der Waals surface area contributed by atoms with Crippen molar-refractivity contribution in [2.75, 3.05) is 6.61 Å². The third-order valence-electron chi connectivity index (χ3n) is 5.97. The smallest absolute Gasteiger partial charge is 0.407 e. The molecule has 2 aromatic rings. The molecule has 0 saturated heterocycles. The van der Waals surface area contributed by atoms with Crippen LogP contribution in [0.2, 0.25) is 0 Å². The number of carbonyl (C=O) groups is 3. The predicted octanol–water partition coefficient (Wildman–Crippen LogP) is 4.31. The molecule has 1 aliphatic rings. The first-order valence-corrected chi connectivity index (χ1v) is 11.5. The molecule has 0 radical (unpaired) electrons. The van der Waals surface area contributed by atoms with Crippen molar-refractivity contribution in [3.05, 3.63) is 59.7 Å². The number of alkyl carbamates (subject to hydrolysis) is 1. The molecule has 0 heterocycles. The molecule has 0 aromatic heterocycles. The SMILES string of the molecule is CCC[C@@H](CC(=O)O)NC(=O)C(NC(=O)OCC1c2ccccc2-c2ccccc21)C(C)C. The van der Waals surface area contributed by atoms with Crippen LogP contribution < -0.4 is 10.6 Å². The molecule has 2 atom stereocenters. The molecule has 1 unspecified atom stereocenters. The average molecular weight is 453 g/mol. The Labute approximate surface area is 194 Å². The first-order valence-electron chi connectivity index (χ1n) is 11.5.